The molecule has 0 aromatic heterocycles. The molecule has 2 N–H and O–H groups in total. The van der Waals surface area contributed by atoms with Gasteiger partial charge in [-0.05, 0) is 51.7 Å². The minimum Gasteiger partial charge on any atom is -0.393 e. The summed E-state index contributed by atoms with van der Waals surface area (Å²) in [6.07, 6.45) is 2.29. The molecule has 0 atom stereocenters. The lowest BCUT2D eigenvalue weighted by atomic mass is 10.0. The van der Waals surface area contributed by atoms with Crippen LogP contribution in [0.25, 0.3) is 0 Å². The topological polar surface area (TPSA) is 75.6 Å². The van der Waals surface area contributed by atoms with E-state index in [0.29, 0.717) is 6.04 Å². The van der Waals surface area contributed by atoms with Gasteiger partial charge in [0.2, 0.25) is 0 Å². The number of hydrogen-bond donors (Lipinski definition) is 1. The van der Waals surface area contributed by atoms with Crippen LogP contribution in [0.3, 0.4) is 0 Å². The van der Waals surface area contributed by atoms with E-state index in [4.69, 9.17) is 5.73 Å². The van der Waals surface area contributed by atoms with Crippen LogP contribution in [0.1, 0.15) is 18.4 Å². The molecule has 1 saturated heterocycles. The largest absolute Gasteiger partial charge is 0.393 e. The zero-order valence-electron chi connectivity index (χ0n) is 12.1. The van der Waals surface area contributed by atoms with Gasteiger partial charge in [-0.1, -0.05) is 6.07 Å². The van der Waals surface area contributed by atoms with Crippen LogP contribution in [-0.2, 0) is 6.54 Å². The van der Waals surface area contributed by atoms with Crippen molar-refractivity contribution >= 4 is 11.4 Å². The molecule has 6 heteroatoms. The number of benzene rings is 1. The van der Waals surface area contributed by atoms with Crippen LogP contribution in [-0.4, -0.2) is 47.9 Å². The number of hydrogen-bond acceptors (Lipinski definition) is 5. The summed E-state index contributed by atoms with van der Waals surface area (Å²) in [5.41, 5.74) is 6.80. The third kappa shape index (κ3) is 3.46. The molecule has 0 bridgehead atoms. The Morgan fingerprint density at radius 3 is 2.60 bits per heavy atom. The van der Waals surface area contributed by atoms with Crippen molar-refractivity contribution in [3.05, 3.63) is 33.9 Å². The molecule has 1 aliphatic rings. The van der Waals surface area contributed by atoms with Gasteiger partial charge in [0.05, 0.1) is 4.92 Å². The fourth-order valence-corrected chi connectivity index (χ4v) is 2.70. The van der Waals surface area contributed by atoms with Crippen LogP contribution in [0.2, 0.25) is 0 Å². The lowest BCUT2D eigenvalue weighted by molar-refractivity contribution is -0.384. The Morgan fingerprint density at radius 2 is 2.05 bits per heavy atom. The summed E-state index contributed by atoms with van der Waals surface area (Å²) in [4.78, 5) is 15.1. The summed E-state index contributed by atoms with van der Waals surface area (Å²) < 4.78 is 0. The van der Waals surface area contributed by atoms with Gasteiger partial charge >= 0.3 is 0 Å². The smallest absolute Gasteiger partial charge is 0.292 e. The Morgan fingerprint density at radius 1 is 1.40 bits per heavy atom. The van der Waals surface area contributed by atoms with Gasteiger partial charge in [0.25, 0.3) is 5.69 Å². The maximum absolute atomic E-state index is 10.9. The number of nitrogens with zero attached hydrogens (tertiary/aromatic N) is 3. The summed E-state index contributed by atoms with van der Waals surface area (Å²) >= 11 is 0. The third-order valence-corrected chi connectivity index (χ3v) is 3.99. The van der Waals surface area contributed by atoms with Crippen LogP contribution in [0, 0.1) is 10.1 Å². The summed E-state index contributed by atoms with van der Waals surface area (Å²) in [5.74, 6) is 0. The first-order valence-corrected chi connectivity index (χ1v) is 6.89. The van der Waals surface area contributed by atoms with Gasteiger partial charge in [-0.25, -0.2) is 0 Å². The molecular formula is C14H22N4O2. The number of rotatable bonds is 4. The van der Waals surface area contributed by atoms with E-state index in [9.17, 15) is 10.1 Å². The first-order chi connectivity index (χ1) is 9.47. The molecule has 0 radical (unpaired) electrons. The summed E-state index contributed by atoms with van der Waals surface area (Å²) in [5, 5.41) is 10.9. The van der Waals surface area contributed by atoms with Gasteiger partial charge in [0, 0.05) is 18.7 Å². The van der Waals surface area contributed by atoms with Crippen molar-refractivity contribution in [1.29, 1.82) is 0 Å². The highest BCUT2D eigenvalue weighted by Gasteiger charge is 2.21. The highest BCUT2D eigenvalue weighted by molar-refractivity contribution is 5.59. The van der Waals surface area contributed by atoms with Crippen molar-refractivity contribution in [1.82, 2.24) is 9.80 Å². The molecule has 1 aliphatic heterocycles. The van der Waals surface area contributed by atoms with Crippen LogP contribution >= 0.6 is 0 Å². The normalized spacial score (nSPS) is 17.6. The average molecular weight is 278 g/mol. The highest BCUT2D eigenvalue weighted by Crippen LogP contribution is 2.24. The molecule has 1 aromatic carbocycles. The number of anilines is 1. The number of nitro groups is 1. The number of likely N-dealkylation sites (tertiary alicyclic amines) is 1. The maximum Gasteiger partial charge on any atom is 0.292 e. The van der Waals surface area contributed by atoms with Crippen molar-refractivity contribution in [2.45, 2.75) is 25.4 Å². The van der Waals surface area contributed by atoms with Crippen molar-refractivity contribution in [3.8, 4) is 0 Å². The second-order valence-corrected chi connectivity index (χ2v) is 5.62. The lowest BCUT2D eigenvalue weighted by Gasteiger charge is -2.35. The van der Waals surface area contributed by atoms with E-state index in [-0.39, 0.29) is 11.4 Å². The van der Waals surface area contributed by atoms with Gasteiger partial charge < -0.3 is 10.6 Å². The van der Waals surface area contributed by atoms with Gasteiger partial charge in [-0.3, -0.25) is 15.0 Å². The molecule has 0 amide bonds. The minimum atomic E-state index is -0.420. The molecule has 1 fully saturated rings. The van der Waals surface area contributed by atoms with E-state index < -0.39 is 4.92 Å². The zero-order chi connectivity index (χ0) is 14.7. The Labute approximate surface area is 119 Å². The Hall–Kier alpha value is -1.66. The average Bonchev–Trinajstić information content (AvgIpc) is 2.41. The molecular weight excluding hydrogens is 256 g/mol. The Balaban J connectivity index is 1.98. The molecule has 0 saturated carbocycles. The first kappa shape index (κ1) is 14.7. The number of piperidine rings is 1. The monoisotopic (exact) mass is 278 g/mol. The number of nitrogens with two attached hydrogens (primary N) is 1. The Bertz CT molecular complexity index is 482. The predicted molar refractivity (Wildman–Crippen MR) is 79.5 cm³/mol. The van der Waals surface area contributed by atoms with E-state index in [2.05, 4.69) is 23.9 Å². The second-order valence-electron chi connectivity index (χ2n) is 5.62. The fourth-order valence-electron chi connectivity index (χ4n) is 2.70. The highest BCUT2D eigenvalue weighted by atomic mass is 16.6. The summed E-state index contributed by atoms with van der Waals surface area (Å²) in [6.45, 7) is 2.81. The van der Waals surface area contributed by atoms with E-state index in [1.165, 1.54) is 0 Å². The quantitative estimate of drug-likeness (QED) is 0.515. The second kappa shape index (κ2) is 6.19. The molecule has 110 valence electrons. The molecule has 6 nitrogen and oxygen atoms in total. The molecule has 0 unspecified atom stereocenters. The summed E-state index contributed by atoms with van der Waals surface area (Å²) in [7, 11) is 4.23. The molecule has 1 heterocycles. The predicted octanol–water partition coefficient (Wildman–Crippen LogP) is 1.70. The van der Waals surface area contributed by atoms with Crippen LogP contribution < -0.4 is 5.73 Å². The zero-order valence-corrected chi connectivity index (χ0v) is 12.1. The van der Waals surface area contributed by atoms with E-state index >= 15 is 0 Å². The van der Waals surface area contributed by atoms with Crippen molar-refractivity contribution in [3.63, 3.8) is 0 Å². The third-order valence-electron chi connectivity index (χ3n) is 3.99. The minimum absolute atomic E-state index is 0.00526. The van der Waals surface area contributed by atoms with Gasteiger partial charge in [0.1, 0.15) is 5.69 Å². The lowest BCUT2D eigenvalue weighted by Crippen LogP contribution is -2.41. The van der Waals surface area contributed by atoms with Crippen LogP contribution in [0.4, 0.5) is 11.4 Å². The number of nitro benzene ring substituents is 1. The molecule has 2 rings (SSSR count). The first-order valence-electron chi connectivity index (χ1n) is 6.89. The SMILES string of the molecule is CN(C)C1CCN(Cc2ccc(N)c([N+](=O)[O-])c2)CC1. The van der Waals surface area contributed by atoms with E-state index in [1.54, 1.807) is 12.1 Å². The summed E-state index contributed by atoms with van der Waals surface area (Å²) in [6, 6.07) is 5.74. The van der Waals surface area contributed by atoms with Crippen molar-refractivity contribution in [2.24, 2.45) is 0 Å². The molecule has 0 aliphatic carbocycles. The van der Waals surface area contributed by atoms with E-state index in [0.717, 1.165) is 38.0 Å². The van der Waals surface area contributed by atoms with Gasteiger partial charge in [0.15, 0.2) is 0 Å². The van der Waals surface area contributed by atoms with Gasteiger partial charge in [-0.15, -0.1) is 0 Å². The standard InChI is InChI=1S/C14H22N4O2/c1-16(2)12-5-7-17(8-6-12)10-11-3-4-13(15)14(9-11)18(19)20/h3-4,9,12H,5-8,10,15H2,1-2H3. The fraction of sp³-hybridized carbons (Fsp3) is 0.571. The number of nitrogen functional groups attached to an aromatic ring is 1. The van der Waals surface area contributed by atoms with E-state index in [1.807, 2.05) is 6.07 Å². The van der Waals surface area contributed by atoms with Crippen LogP contribution in [0.5, 0.6) is 0 Å². The molecule has 20 heavy (non-hydrogen) atoms. The maximum atomic E-state index is 10.9. The van der Waals surface area contributed by atoms with Gasteiger partial charge in [-0.2, -0.15) is 0 Å². The molecule has 1 aromatic rings. The molecule has 0 spiro atoms. The van der Waals surface area contributed by atoms with Crippen LogP contribution in [0.15, 0.2) is 18.2 Å². The Kier molecular flexibility index (Phi) is 4.57. The van der Waals surface area contributed by atoms with Crippen molar-refractivity contribution in [2.75, 3.05) is 32.9 Å². The van der Waals surface area contributed by atoms with Crippen molar-refractivity contribution < 1.29 is 4.92 Å².